The molecule has 2 atom stereocenters. The molecule has 0 aliphatic heterocycles. The van der Waals surface area contributed by atoms with Gasteiger partial charge < -0.3 is 19.7 Å². The van der Waals surface area contributed by atoms with Gasteiger partial charge in [-0.05, 0) is 47.6 Å². The molecule has 2 aromatic carbocycles. The Morgan fingerprint density at radius 3 is 2.00 bits per heavy atom. The van der Waals surface area contributed by atoms with Crippen LogP contribution in [0.2, 0.25) is 0 Å². The molecule has 0 radical (unpaired) electrons. The van der Waals surface area contributed by atoms with Crippen LogP contribution in [0.5, 0.6) is 11.5 Å². The summed E-state index contributed by atoms with van der Waals surface area (Å²) in [6.07, 6.45) is 0.509. The maximum absolute atomic E-state index is 11.8. The van der Waals surface area contributed by atoms with Crippen molar-refractivity contribution in [3.8, 4) is 22.6 Å². The van der Waals surface area contributed by atoms with Crippen LogP contribution in [0.25, 0.3) is 11.1 Å². The monoisotopic (exact) mass is 415 g/mol. The van der Waals surface area contributed by atoms with Crippen LogP contribution in [0.1, 0.15) is 25.8 Å². The largest absolute Gasteiger partial charge is 0.497 e. The highest BCUT2D eigenvalue weighted by molar-refractivity contribution is 5.78. The molecule has 3 N–H and O–H groups in total. The molecule has 0 heterocycles. The second-order valence-electron chi connectivity index (χ2n) is 7.58. The molecule has 7 nitrogen and oxygen atoms in total. The number of carbonyl (C=O) groups is 2. The second kappa shape index (κ2) is 10.6. The van der Waals surface area contributed by atoms with Crippen LogP contribution in [0.4, 0.5) is 0 Å². The third-order valence-corrected chi connectivity index (χ3v) is 4.76. The van der Waals surface area contributed by atoms with E-state index in [1.807, 2.05) is 50.2 Å². The number of carboxylic acid groups (broad SMARTS) is 2. The quantitative estimate of drug-likeness (QED) is 0.516. The highest BCUT2D eigenvalue weighted by Gasteiger charge is 2.26. The fourth-order valence-corrected chi connectivity index (χ4v) is 3.26. The molecule has 0 unspecified atom stereocenters. The molecular weight excluding hydrogens is 386 g/mol. The van der Waals surface area contributed by atoms with Crippen molar-refractivity contribution in [2.75, 3.05) is 14.2 Å². The van der Waals surface area contributed by atoms with Crippen LogP contribution >= 0.6 is 0 Å². The smallest absolute Gasteiger partial charge is 0.321 e. The summed E-state index contributed by atoms with van der Waals surface area (Å²) in [5.41, 5.74) is 2.53. The summed E-state index contributed by atoms with van der Waals surface area (Å²) in [7, 11) is 3.16. The second-order valence-corrected chi connectivity index (χ2v) is 7.58. The van der Waals surface area contributed by atoms with Crippen molar-refractivity contribution < 1.29 is 29.3 Å². The van der Waals surface area contributed by atoms with Crippen molar-refractivity contribution in [2.24, 2.45) is 5.92 Å². The van der Waals surface area contributed by atoms with E-state index in [1.165, 1.54) is 0 Å². The molecule has 0 fully saturated rings. The fraction of sp³-hybridized carbons (Fsp3) is 0.391. The predicted molar refractivity (Wildman–Crippen MR) is 114 cm³/mol. The van der Waals surface area contributed by atoms with Crippen molar-refractivity contribution >= 4 is 11.9 Å². The van der Waals surface area contributed by atoms with E-state index < -0.39 is 24.0 Å². The summed E-state index contributed by atoms with van der Waals surface area (Å²) in [5, 5.41) is 21.9. The fourth-order valence-electron chi connectivity index (χ4n) is 3.26. The van der Waals surface area contributed by atoms with E-state index >= 15 is 0 Å². The molecule has 2 aromatic rings. The molecule has 162 valence electrons. The molecule has 7 heteroatoms. The van der Waals surface area contributed by atoms with Crippen LogP contribution in [-0.4, -0.2) is 48.5 Å². The number of aliphatic carboxylic acids is 2. The molecule has 30 heavy (non-hydrogen) atoms. The number of nitrogens with one attached hydrogen (secondary N) is 1. The minimum absolute atomic E-state index is 0.124. The Bertz CT molecular complexity index is 857. The molecule has 0 spiro atoms. The van der Waals surface area contributed by atoms with E-state index in [2.05, 4.69) is 5.32 Å². The Morgan fingerprint density at radius 2 is 1.50 bits per heavy atom. The summed E-state index contributed by atoms with van der Waals surface area (Å²) >= 11 is 0. The van der Waals surface area contributed by atoms with Crippen LogP contribution in [0.15, 0.2) is 42.5 Å². The first kappa shape index (κ1) is 23.2. The Kier molecular flexibility index (Phi) is 8.24. The van der Waals surface area contributed by atoms with Crippen LogP contribution in [0, 0.1) is 5.92 Å². The lowest BCUT2D eigenvalue weighted by molar-refractivity contribution is -0.142. The minimum Gasteiger partial charge on any atom is -0.497 e. The molecule has 0 bridgehead atoms. The summed E-state index contributed by atoms with van der Waals surface area (Å²) in [5.74, 6) is -0.708. The molecule has 0 aliphatic carbocycles. The highest BCUT2D eigenvalue weighted by atomic mass is 16.5. The van der Waals surface area contributed by atoms with E-state index in [0.717, 1.165) is 16.7 Å². The Balaban J connectivity index is 2.27. The zero-order chi connectivity index (χ0) is 22.3. The lowest BCUT2D eigenvalue weighted by Gasteiger charge is -2.22. The molecule has 0 saturated heterocycles. The van der Waals surface area contributed by atoms with E-state index in [4.69, 9.17) is 9.47 Å². The summed E-state index contributed by atoms with van der Waals surface area (Å²) in [6.45, 7) is 3.80. The van der Waals surface area contributed by atoms with Gasteiger partial charge in [0, 0.05) is 6.07 Å². The first-order valence-corrected chi connectivity index (χ1v) is 9.77. The van der Waals surface area contributed by atoms with Crippen LogP contribution < -0.4 is 14.8 Å². The van der Waals surface area contributed by atoms with Gasteiger partial charge in [-0.3, -0.25) is 14.9 Å². The first-order chi connectivity index (χ1) is 14.2. The Hall–Kier alpha value is -3.06. The van der Waals surface area contributed by atoms with Gasteiger partial charge in [0.25, 0.3) is 0 Å². The van der Waals surface area contributed by atoms with E-state index in [0.29, 0.717) is 17.9 Å². The first-order valence-electron chi connectivity index (χ1n) is 9.77. The van der Waals surface area contributed by atoms with Gasteiger partial charge in [0.05, 0.1) is 14.2 Å². The third-order valence-electron chi connectivity index (χ3n) is 4.76. The van der Waals surface area contributed by atoms with Gasteiger partial charge >= 0.3 is 11.9 Å². The number of benzene rings is 2. The molecular formula is C23H29NO6. The maximum Gasteiger partial charge on any atom is 0.321 e. The number of ether oxygens (including phenoxy) is 2. The van der Waals surface area contributed by atoms with E-state index in [1.54, 1.807) is 20.3 Å². The van der Waals surface area contributed by atoms with Gasteiger partial charge in [0.15, 0.2) is 0 Å². The third kappa shape index (κ3) is 6.49. The minimum atomic E-state index is -1.08. The molecule has 0 aromatic heterocycles. The van der Waals surface area contributed by atoms with Gasteiger partial charge in [-0.15, -0.1) is 0 Å². The van der Waals surface area contributed by atoms with Crippen molar-refractivity contribution in [3.05, 3.63) is 48.0 Å². The topological polar surface area (TPSA) is 105 Å². The SMILES string of the molecule is COc1cc(OC)cc(-c2cccc(C[C@H](N[C@@H](CC(C)C)C(=O)O)C(=O)O)c2)c1. The summed E-state index contributed by atoms with van der Waals surface area (Å²) in [4.78, 5) is 23.3. The van der Waals surface area contributed by atoms with Gasteiger partial charge in [-0.2, -0.15) is 0 Å². The number of rotatable bonds is 11. The van der Waals surface area contributed by atoms with Crippen LogP contribution in [-0.2, 0) is 16.0 Å². The lowest BCUT2D eigenvalue weighted by Crippen LogP contribution is -2.48. The van der Waals surface area contributed by atoms with E-state index in [9.17, 15) is 19.8 Å². The standard InChI is InChI=1S/C23H29NO6/c1-14(2)8-20(22(25)26)24-21(23(27)28)10-15-6-5-7-16(9-15)17-11-18(29-3)13-19(12-17)30-4/h5-7,9,11-14,20-21,24H,8,10H2,1-4H3,(H,25,26)(H,27,28)/t20-,21-/m0/s1. The molecule has 2 rings (SSSR count). The molecule has 0 aliphatic rings. The average molecular weight is 415 g/mol. The summed E-state index contributed by atoms with van der Waals surface area (Å²) in [6, 6.07) is 11.1. The summed E-state index contributed by atoms with van der Waals surface area (Å²) < 4.78 is 10.6. The maximum atomic E-state index is 11.8. The van der Waals surface area contributed by atoms with E-state index in [-0.39, 0.29) is 12.3 Å². The number of methoxy groups -OCH3 is 2. The number of hydrogen-bond acceptors (Lipinski definition) is 5. The van der Waals surface area contributed by atoms with Gasteiger partial charge in [0.1, 0.15) is 23.6 Å². The van der Waals surface area contributed by atoms with Gasteiger partial charge in [-0.1, -0.05) is 38.1 Å². The number of carboxylic acids is 2. The van der Waals surface area contributed by atoms with Crippen molar-refractivity contribution in [3.63, 3.8) is 0 Å². The zero-order valence-electron chi connectivity index (χ0n) is 17.7. The Morgan fingerprint density at radius 1 is 0.900 bits per heavy atom. The van der Waals surface area contributed by atoms with Crippen molar-refractivity contribution in [2.45, 2.75) is 38.8 Å². The van der Waals surface area contributed by atoms with Gasteiger partial charge in [-0.25, -0.2) is 0 Å². The predicted octanol–water partition coefficient (Wildman–Crippen LogP) is 3.46. The van der Waals surface area contributed by atoms with Gasteiger partial charge in [0.2, 0.25) is 0 Å². The van der Waals surface area contributed by atoms with Crippen LogP contribution in [0.3, 0.4) is 0 Å². The highest BCUT2D eigenvalue weighted by Crippen LogP contribution is 2.30. The Labute approximate surface area is 176 Å². The zero-order valence-corrected chi connectivity index (χ0v) is 17.7. The van der Waals surface area contributed by atoms with Crippen molar-refractivity contribution in [1.29, 1.82) is 0 Å². The number of hydrogen-bond donors (Lipinski definition) is 3. The lowest BCUT2D eigenvalue weighted by atomic mass is 9.97. The molecule has 0 saturated carbocycles. The average Bonchev–Trinajstić information content (AvgIpc) is 2.71. The normalized spacial score (nSPS) is 13.0. The van der Waals surface area contributed by atoms with Crippen molar-refractivity contribution in [1.82, 2.24) is 5.32 Å². The molecule has 0 amide bonds.